The average Bonchev–Trinajstić information content (AvgIpc) is 3.39. The van der Waals surface area contributed by atoms with Gasteiger partial charge in [-0.1, -0.05) is 12.1 Å². The lowest BCUT2D eigenvalue weighted by Crippen LogP contribution is -2.54. The van der Waals surface area contributed by atoms with Crippen molar-refractivity contribution in [2.45, 2.75) is 25.4 Å². The van der Waals surface area contributed by atoms with Gasteiger partial charge in [0.05, 0.1) is 12.1 Å². The lowest BCUT2D eigenvalue weighted by Gasteiger charge is -2.36. The van der Waals surface area contributed by atoms with Gasteiger partial charge in [-0.15, -0.1) is 11.3 Å². The summed E-state index contributed by atoms with van der Waals surface area (Å²) in [5.74, 6) is 0.444. The van der Waals surface area contributed by atoms with Gasteiger partial charge in [0.15, 0.2) is 11.5 Å². The number of fused-ring (bicyclic) bond motifs is 2. The third-order valence-electron chi connectivity index (χ3n) is 6.26. The van der Waals surface area contributed by atoms with E-state index in [0.29, 0.717) is 48.2 Å². The Kier molecular flexibility index (Phi) is 5.94. The molecule has 0 bridgehead atoms. The van der Waals surface area contributed by atoms with E-state index in [2.05, 4.69) is 5.32 Å². The first-order valence-corrected chi connectivity index (χ1v) is 11.9. The number of carbonyl (C=O) groups excluding carboxylic acids is 3. The summed E-state index contributed by atoms with van der Waals surface area (Å²) in [5, 5.41) is 3.44. The topological polar surface area (TPSA) is 114 Å². The highest BCUT2D eigenvalue weighted by molar-refractivity contribution is 7.17. The minimum Gasteiger partial charge on any atom is -0.485 e. The van der Waals surface area contributed by atoms with E-state index in [9.17, 15) is 14.4 Å². The molecular formula is C23H26N4O5S. The van der Waals surface area contributed by atoms with Crippen molar-refractivity contribution in [3.05, 3.63) is 40.3 Å². The van der Waals surface area contributed by atoms with E-state index in [4.69, 9.17) is 15.2 Å². The van der Waals surface area contributed by atoms with E-state index < -0.39 is 12.0 Å². The summed E-state index contributed by atoms with van der Waals surface area (Å²) in [7, 11) is 0. The highest BCUT2D eigenvalue weighted by Crippen LogP contribution is 2.38. The Morgan fingerprint density at radius 2 is 1.85 bits per heavy atom. The highest BCUT2D eigenvalue weighted by Gasteiger charge is 2.33. The third-order valence-corrected chi connectivity index (χ3v) is 7.46. The van der Waals surface area contributed by atoms with Gasteiger partial charge in [-0.05, 0) is 37.0 Å². The van der Waals surface area contributed by atoms with E-state index in [1.165, 1.54) is 11.3 Å². The predicted octanol–water partition coefficient (Wildman–Crippen LogP) is 1.26. The van der Waals surface area contributed by atoms with Gasteiger partial charge in [0.25, 0.3) is 11.8 Å². The molecule has 2 aromatic rings. The van der Waals surface area contributed by atoms with Gasteiger partial charge < -0.3 is 25.4 Å². The number of primary amides is 1. The van der Waals surface area contributed by atoms with Crippen molar-refractivity contribution in [2.24, 2.45) is 5.73 Å². The second kappa shape index (κ2) is 9.03. The van der Waals surface area contributed by atoms with Crippen LogP contribution in [-0.2, 0) is 22.4 Å². The Balaban J connectivity index is 1.13. The molecule has 9 nitrogen and oxygen atoms in total. The quantitative estimate of drug-likeness (QED) is 0.680. The average molecular weight is 471 g/mol. The summed E-state index contributed by atoms with van der Waals surface area (Å²) in [4.78, 5) is 42.3. The molecule has 1 fully saturated rings. The van der Waals surface area contributed by atoms with E-state index in [-0.39, 0.29) is 25.0 Å². The number of ether oxygens (including phenoxy) is 2. The van der Waals surface area contributed by atoms with Crippen LogP contribution in [0.1, 0.15) is 27.2 Å². The van der Waals surface area contributed by atoms with Gasteiger partial charge in [-0.25, -0.2) is 0 Å². The SMILES string of the molecule is NC(=O)c1c(NC(=O)CN2CCN(C(=O)C3COc4ccccc4O3)CC2)sc2c1CCC2. The van der Waals surface area contributed by atoms with E-state index in [0.717, 1.165) is 29.7 Å². The summed E-state index contributed by atoms with van der Waals surface area (Å²) in [5.41, 5.74) is 7.03. The van der Waals surface area contributed by atoms with Gasteiger partial charge in [0.1, 0.15) is 11.6 Å². The second-order valence-corrected chi connectivity index (χ2v) is 9.54. The molecule has 1 aliphatic carbocycles. The van der Waals surface area contributed by atoms with Crippen molar-refractivity contribution in [2.75, 3.05) is 44.6 Å². The van der Waals surface area contributed by atoms with Crippen molar-refractivity contribution in [3.63, 3.8) is 0 Å². The largest absolute Gasteiger partial charge is 0.485 e. The minimum atomic E-state index is -0.664. The maximum atomic E-state index is 12.9. The van der Waals surface area contributed by atoms with E-state index in [1.807, 2.05) is 23.1 Å². The van der Waals surface area contributed by atoms with Gasteiger partial charge >= 0.3 is 0 Å². The van der Waals surface area contributed by atoms with Crippen LogP contribution >= 0.6 is 11.3 Å². The molecule has 1 atom stereocenters. The van der Waals surface area contributed by atoms with Crippen LogP contribution < -0.4 is 20.5 Å². The zero-order valence-corrected chi connectivity index (χ0v) is 19.0. The number of nitrogens with two attached hydrogens (primary N) is 1. The van der Waals surface area contributed by atoms with Crippen LogP contribution in [0.5, 0.6) is 11.5 Å². The van der Waals surface area contributed by atoms with E-state index >= 15 is 0 Å². The van der Waals surface area contributed by atoms with Gasteiger partial charge in [0, 0.05) is 31.1 Å². The molecule has 1 unspecified atom stereocenters. The number of amides is 3. The summed E-state index contributed by atoms with van der Waals surface area (Å²) in [6.45, 7) is 2.55. The second-order valence-electron chi connectivity index (χ2n) is 8.44. The summed E-state index contributed by atoms with van der Waals surface area (Å²) < 4.78 is 11.5. The molecule has 0 radical (unpaired) electrons. The monoisotopic (exact) mass is 470 g/mol. The molecular weight excluding hydrogens is 444 g/mol. The lowest BCUT2D eigenvalue weighted by atomic mass is 10.1. The fraction of sp³-hybridized carbons (Fsp3) is 0.435. The molecule has 0 saturated carbocycles. The molecule has 3 N–H and O–H groups in total. The molecule has 0 spiro atoms. The number of para-hydroxylation sites is 2. The molecule has 3 heterocycles. The number of thiophene rings is 1. The van der Waals surface area contributed by atoms with Gasteiger partial charge in [-0.3, -0.25) is 19.3 Å². The summed E-state index contributed by atoms with van der Waals surface area (Å²) in [6.07, 6.45) is 2.11. The van der Waals surface area contributed by atoms with Gasteiger partial charge in [-0.2, -0.15) is 0 Å². The first-order valence-electron chi connectivity index (χ1n) is 11.1. The standard InChI is InChI=1S/C23H26N4O5S/c24-21(29)20-14-4-3-7-18(14)33-22(20)25-19(28)12-26-8-10-27(11-9-26)23(30)17-13-31-15-5-1-2-6-16(15)32-17/h1-2,5-6,17H,3-4,7-13H2,(H2,24,29)(H,25,28). The number of aryl methyl sites for hydroxylation is 1. The maximum absolute atomic E-state index is 12.9. The molecule has 2 aliphatic heterocycles. The van der Waals surface area contributed by atoms with Gasteiger partial charge in [0.2, 0.25) is 12.0 Å². The molecule has 3 amide bonds. The normalized spacial score (nSPS) is 19.8. The number of benzene rings is 1. The number of carbonyl (C=O) groups is 3. The Morgan fingerprint density at radius 3 is 2.61 bits per heavy atom. The first-order chi connectivity index (χ1) is 16.0. The van der Waals surface area contributed by atoms with Crippen LogP contribution in [0, 0.1) is 0 Å². The van der Waals surface area contributed by atoms with Crippen molar-refractivity contribution >= 4 is 34.1 Å². The zero-order valence-electron chi connectivity index (χ0n) is 18.2. The molecule has 1 aromatic heterocycles. The first kappa shape index (κ1) is 21.7. The van der Waals surface area contributed by atoms with Crippen LogP contribution in [0.15, 0.2) is 24.3 Å². The van der Waals surface area contributed by atoms with Crippen LogP contribution in [0.2, 0.25) is 0 Å². The van der Waals surface area contributed by atoms with Crippen molar-refractivity contribution in [1.82, 2.24) is 9.80 Å². The smallest absolute Gasteiger partial charge is 0.267 e. The predicted molar refractivity (Wildman–Crippen MR) is 123 cm³/mol. The van der Waals surface area contributed by atoms with E-state index in [1.54, 1.807) is 11.0 Å². The Morgan fingerprint density at radius 1 is 1.09 bits per heavy atom. The molecule has 3 aliphatic rings. The van der Waals surface area contributed by atoms with Crippen LogP contribution in [0.3, 0.4) is 0 Å². The number of nitrogens with one attached hydrogen (secondary N) is 1. The summed E-state index contributed by atoms with van der Waals surface area (Å²) >= 11 is 1.45. The van der Waals surface area contributed by atoms with Crippen LogP contribution in [0.25, 0.3) is 0 Å². The fourth-order valence-corrected chi connectivity index (χ4v) is 5.90. The zero-order chi connectivity index (χ0) is 22.9. The van der Waals surface area contributed by atoms with Crippen LogP contribution in [-0.4, -0.2) is 73.0 Å². The van der Waals surface area contributed by atoms with Crippen molar-refractivity contribution < 1.29 is 23.9 Å². The number of anilines is 1. The third kappa shape index (κ3) is 4.40. The molecule has 10 heteroatoms. The Labute approximate surface area is 195 Å². The highest BCUT2D eigenvalue weighted by atomic mass is 32.1. The summed E-state index contributed by atoms with van der Waals surface area (Å²) in [6, 6.07) is 7.31. The number of nitrogens with zero attached hydrogens (tertiary/aromatic N) is 2. The maximum Gasteiger partial charge on any atom is 0.267 e. The molecule has 1 aromatic carbocycles. The Hall–Kier alpha value is -3.11. The minimum absolute atomic E-state index is 0.104. The van der Waals surface area contributed by atoms with Crippen molar-refractivity contribution in [3.8, 4) is 11.5 Å². The number of hydrogen-bond donors (Lipinski definition) is 2. The molecule has 33 heavy (non-hydrogen) atoms. The number of hydrogen-bond acceptors (Lipinski definition) is 7. The fourth-order valence-electron chi connectivity index (χ4n) is 4.59. The molecule has 1 saturated heterocycles. The van der Waals surface area contributed by atoms with Crippen LogP contribution in [0.4, 0.5) is 5.00 Å². The Bertz CT molecular complexity index is 1090. The molecule has 174 valence electrons. The number of rotatable bonds is 5. The number of piperazine rings is 1. The molecule has 5 rings (SSSR count). The lowest BCUT2D eigenvalue weighted by molar-refractivity contribution is -0.143. The van der Waals surface area contributed by atoms with Crippen molar-refractivity contribution in [1.29, 1.82) is 0 Å².